The summed E-state index contributed by atoms with van der Waals surface area (Å²) in [6.45, 7) is 2.17. The second kappa shape index (κ2) is 7.35. The van der Waals surface area contributed by atoms with E-state index in [9.17, 15) is 18.0 Å². The second-order valence-corrected chi connectivity index (χ2v) is 9.90. The first-order valence-corrected chi connectivity index (χ1v) is 11.4. The topological polar surface area (TPSA) is 80.8 Å². The first kappa shape index (κ1) is 19.2. The number of carbonyl (C=O) groups excluding carboxylic acids is 2. The van der Waals surface area contributed by atoms with E-state index in [2.05, 4.69) is 6.08 Å². The predicted octanol–water partition coefficient (Wildman–Crippen LogP) is 2.16. The summed E-state index contributed by atoms with van der Waals surface area (Å²) < 4.78 is 32.3. The largest absolute Gasteiger partial charge is 0.466 e. The fraction of sp³-hybridized carbons (Fsp3) is 0.524. The van der Waals surface area contributed by atoms with Crippen LogP contribution in [0.3, 0.4) is 0 Å². The molecule has 0 N–H and O–H groups in total. The molecule has 4 rings (SSSR count). The molecular formula is C21H25NO5S. The summed E-state index contributed by atoms with van der Waals surface area (Å²) in [5, 5.41) is -0.494. The first-order chi connectivity index (χ1) is 13.4. The Kier molecular flexibility index (Phi) is 5.04. The fourth-order valence-corrected chi connectivity index (χ4v) is 7.43. The van der Waals surface area contributed by atoms with Gasteiger partial charge >= 0.3 is 5.97 Å². The normalized spacial score (nSPS) is 30.2. The van der Waals surface area contributed by atoms with Crippen molar-refractivity contribution < 1.29 is 22.7 Å². The Morgan fingerprint density at radius 2 is 1.89 bits per heavy atom. The summed E-state index contributed by atoms with van der Waals surface area (Å²) in [6.07, 6.45) is 5.14. The van der Waals surface area contributed by atoms with Crippen molar-refractivity contribution in [1.82, 2.24) is 4.31 Å². The Labute approximate surface area is 165 Å². The van der Waals surface area contributed by atoms with Gasteiger partial charge in [0, 0.05) is 12.5 Å². The summed E-state index contributed by atoms with van der Waals surface area (Å²) >= 11 is 0. The molecule has 5 atom stereocenters. The van der Waals surface area contributed by atoms with E-state index in [1.165, 1.54) is 0 Å². The van der Waals surface area contributed by atoms with E-state index in [0.29, 0.717) is 6.42 Å². The molecule has 2 bridgehead atoms. The highest BCUT2D eigenvalue weighted by Gasteiger charge is 2.59. The zero-order valence-electron chi connectivity index (χ0n) is 15.9. The van der Waals surface area contributed by atoms with Crippen LogP contribution in [0.1, 0.15) is 25.3 Å². The molecule has 0 spiro atoms. The van der Waals surface area contributed by atoms with E-state index in [1.807, 2.05) is 36.4 Å². The van der Waals surface area contributed by atoms with Crippen LogP contribution in [0.15, 0.2) is 42.5 Å². The molecule has 0 unspecified atom stereocenters. The average Bonchev–Trinajstić information content (AvgIpc) is 3.34. The molecule has 1 heterocycles. The number of carbonyl (C=O) groups is 2. The van der Waals surface area contributed by atoms with Crippen LogP contribution < -0.4 is 0 Å². The molecule has 6 nitrogen and oxygen atoms in total. The molecule has 3 aliphatic rings. The van der Waals surface area contributed by atoms with Crippen molar-refractivity contribution in [3.63, 3.8) is 0 Å². The molecule has 1 aromatic rings. The molecule has 2 aliphatic carbocycles. The Bertz CT molecular complexity index is 895. The van der Waals surface area contributed by atoms with Crippen LogP contribution in [0.25, 0.3) is 0 Å². The number of amides is 1. The summed E-state index contributed by atoms with van der Waals surface area (Å²) in [5.74, 6) is -1.48. The molecule has 1 saturated carbocycles. The molecule has 150 valence electrons. The standard InChI is InChI=1S/C21H25NO5S/c1-2-27-19(23)12-17(10-14-6-4-3-5-7-14)21(24)22-13-18-15-8-9-16(11-15)20(18)28(22,25)26/h3-9,15-18,20H,2,10-13H2,1H3/t15-,16+,17+,18-,20+/m1/s1. The third-order valence-electron chi connectivity index (χ3n) is 6.21. The lowest BCUT2D eigenvalue weighted by molar-refractivity contribution is -0.147. The van der Waals surface area contributed by atoms with Crippen LogP contribution in [0, 0.1) is 23.7 Å². The van der Waals surface area contributed by atoms with Gasteiger partial charge in [-0.15, -0.1) is 0 Å². The van der Waals surface area contributed by atoms with Gasteiger partial charge in [0.15, 0.2) is 0 Å². The molecule has 1 saturated heterocycles. The highest BCUT2D eigenvalue weighted by atomic mass is 32.2. The monoisotopic (exact) mass is 403 g/mol. The number of hydrogen-bond donors (Lipinski definition) is 0. The number of rotatable bonds is 6. The van der Waals surface area contributed by atoms with Gasteiger partial charge in [-0.2, -0.15) is 0 Å². The maximum atomic E-state index is 13.3. The van der Waals surface area contributed by atoms with Crippen molar-refractivity contribution >= 4 is 21.9 Å². The minimum absolute atomic E-state index is 0.00966. The minimum Gasteiger partial charge on any atom is -0.466 e. The Morgan fingerprint density at radius 3 is 2.57 bits per heavy atom. The predicted molar refractivity (Wildman–Crippen MR) is 104 cm³/mol. The second-order valence-electron chi connectivity index (χ2n) is 7.89. The van der Waals surface area contributed by atoms with Gasteiger partial charge in [0.2, 0.25) is 15.9 Å². The summed E-state index contributed by atoms with van der Waals surface area (Å²) in [4.78, 5) is 25.4. The van der Waals surface area contributed by atoms with Crippen molar-refractivity contribution in [3.8, 4) is 0 Å². The average molecular weight is 404 g/mol. The van der Waals surface area contributed by atoms with Crippen LogP contribution in [-0.4, -0.2) is 43.0 Å². The van der Waals surface area contributed by atoms with Gasteiger partial charge in [0.1, 0.15) is 0 Å². The molecule has 1 aliphatic heterocycles. The minimum atomic E-state index is -3.70. The number of fused-ring (bicyclic) bond motifs is 5. The molecule has 2 fully saturated rings. The summed E-state index contributed by atoms with van der Waals surface area (Å²) in [5.41, 5.74) is 0.892. The van der Waals surface area contributed by atoms with E-state index in [-0.39, 0.29) is 37.3 Å². The van der Waals surface area contributed by atoms with Crippen molar-refractivity contribution in [1.29, 1.82) is 0 Å². The fourth-order valence-electron chi connectivity index (χ4n) is 4.99. The number of esters is 1. The third kappa shape index (κ3) is 3.26. The molecule has 1 amide bonds. The van der Waals surface area contributed by atoms with Crippen molar-refractivity contribution in [2.45, 2.75) is 31.4 Å². The van der Waals surface area contributed by atoms with E-state index >= 15 is 0 Å². The Hall–Kier alpha value is -2.15. The zero-order chi connectivity index (χ0) is 19.9. The number of ether oxygens (including phenoxy) is 1. The number of allylic oxidation sites excluding steroid dienone is 2. The maximum Gasteiger partial charge on any atom is 0.306 e. The molecule has 1 aromatic carbocycles. The van der Waals surface area contributed by atoms with Gasteiger partial charge < -0.3 is 4.74 Å². The molecule has 7 heteroatoms. The lowest BCUT2D eigenvalue weighted by atomic mass is 9.92. The number of nitrogens with zero attached hydrogens (tertiary/aromatic N) is 1. The van der Waals surface area contributed by atoms with Crippen LogP contribution >= 0.6 is 0 Å². The number of hydrogen-bond acceptors (Lipinski definition) is 5. The van der Waals surface area contributed by atoms with E-state index in [1.54, 1.807) is 6.92 Å². The van der Waals surface area contributed by atoms with Gasteiger partial charge in [-0.05, 0) is 37.2 Å². The van der Waals surface area contributed by atoms with Crippen LogP contribution in [0.5, 0.6) is 0 Å². The Balaban J connectivity index is 1.57. The summed E-state index contributed by atoms with van der Waals surface area (Å²) in [7, 11) is -3.70. The van der Waals surface area contributed by atoms with Crippen molar-refractivity contribution in [3.05, 3.63) is 48.0 Å². The third-order valence-corrected chi connectivity index (χ3v) is 8.54. The van der Waals surface area contributed by atoms with Gasteiger partial charge in [-0.1, -0.05) is 42.5 Å². The van der Waals surface area contributed by atoms with Gasteiger partial charge in [-0.3, -0.25) is 9.59 Å². The lowest BCUT2D eigenvalue weighted by Gasteiger charge is -2.24. The zero-order valence-corrected chi connectivity index (χ0v) is 16.7. The van der Waals surface area contributed by atoms with E-state index in [0.717, 1.165) is 16.3 Å². The van der Waals surface area contributed by atoms with Crippen LogP contribution in [0.2, 0.25) is 0 Å². The van der Waals surface area contributed by atoms with Gasteiger partial charge in [0.25, 0.3) is 0 Å². The molecule has 0 aromatic heterocycles. The molecular weight excluding hydrogens is 378 g/mol. The van der Waals surface area contributed by atoms with Crippen LogP contribution in [-0.2, 0) is 30.8 Å². The SMILES string of the molecule is CCOC(=O)C[C@H](Cc1ccccc1)C(=O)N1C[C@H]2[C@H]([C@H]3C=C[C@@H]2C3)S1(=O)=O. The van der Waals surface area contributed by atoms with Gasteiger partial charge in [-0.25, -0.2) is 12.7 Å². The quantitative estimate of drug-likeness (QED) is 0.537. The summed E-state index contributed by atoms with van der Waals surface area (Å²) in [6, 6.07) is 9.36. The smallest absolute Gasteiger partial charge is 0.306 e. The Morgan fingerprint density at radius 1 is 1.18 bits per heavy atom. The number of benzene rings is 1. The number of sulfonamides is 1. The lowest BCUT2D eigenvalue weighted by Crippen LogP contribution is -2.41. The maximum absolute atomic E-state index is 13.3. The van der Waals surface area contributed by atoms with Crippen molar-refractivity contribution in [2.75, 3.05) is 13.2 Å². The highest BCUT2D eigenvalue weighted by molar-refractivity contribution is 7.90. The highest BCUT2D eigenvalue weighted by Crippen LogP contribution is 2.51. The molecule has 28 heavy (non-hydrogen) atoms. The van der Waals surface area contributed by atoms with Crippen molar-refractivity contribution in [2.24, 2.45) is 23.7 Å². The van der Waals surface area contributed by atoms with E-state index < -0.39 is 33.1 Å². The molecule has 0 radical (unpaired) electrons. The van der Waals surface area contributed by atoms with Crippen LogP contribution in [0.4, 0.5) is 0 Å². The first-order valence-electron chi connectivity index (χ1n) is 9.85. The van der Waals surface area contributed by atoms with Gasteiger partial charge in [0.05, 0.1) is 24.2 Å². The van der Waals surface area contributed by atoms with E-state index in [4.69, 9.17) is 4.74 Å².